The molecule has 108 valence electrons. The first-order chi connectivity index (χ1) is 8.87. The van der Waals surface area contributed by atoms with Crippen LogP contribution in [0.4, 0.5) is 0 Å². The van der Waals surface area contributed by atoms with Crippen molar-refractivity contribution >= 4 is 0 Å². The monoisotopic (exact) mass is 267 g/mol. The van der Waals surface area contributed by atoms with Gasteiger partial charge in [0.1, 0.15) is 5.60 Å². The third-order valence-corrected chi connectivity index (χ3v) is 3.89. The van der Waals surface area contributed by atoms with Crippen LogP contribution in [0.25, 0.3) is 0 Å². The van der Waals surface area contributed by atoms with Crippen LogP contribution < -0.4 is 5.73 Å². The second kappa shape index (κ2) is 5.21. The van der Waals surface area contributed by atoms with E-state index in [1.54, 1.807) is 0 Å². The number of aromatic nitrogens is 2. The van der Waals surface area contributed by atoms with Gasteiger partial charge in [-0.15, -0.1) is 0 Å². The Kier molecular flexibility index (Phi) is 3.97. The minimum Gasteiger partial charge on any atom is -0.367 e. The predicted molar refractivity (Wildman–Crippen MR) is 72.4 cm³/mol. The first kappa shape index (κ1) is 14.5. The van der Waals surface area contributed by atoms with E-state index < -0.39 is 5.54 Å². The smallest absolute Gasteiger partial charge is 0.246 e. The van der Waals surface area contributed by atoms with Crippen molar-refractivity contribution in [1.29, 1.82) is 0 Å². The molecule has 0 radical (unpaired) electrons. The molecule has 5 heteroatoms. The van der Waals surface area contributed by atoms with Crippen molar-refractivity contribution in [2.24, 2.45) is 11.7 Å². The van der Waals surface area contributed by atoms with Crippen LogP contribution in [0.2, 0.25) is 0 Å². The molecule has 0 atom stereocenters. The maximum absolute atomic E-state index is 6.01. The van der Waals surface area contributed by atoms with E-state index in [2.05, 4.69) is 17.1 Å². The standard InChI is InChI=1S/C14H25N3O2/c1-5-18-14(8-6-10(2)7-9-14)11-16-12(19-17-11)13(3,4)15/h10H,5-9,15H2,1-4H3. The first-order valence-electron chi connectivity index (χ1n) is 7.15. The number of nitrogens with two attached hydrogens (primary N) is 1. The van der Waals surface area contributed by atoms with E-state index in [1.807, 2.05) is 20.8 Å². The van der Waals surface area contributed by atoms with E-state index in [0.717, 1.165) is 31.6 Å². The second-order valence-corrected chi connectivity index (χ2v) is 6.25. The summed E-state index contributed by atoms with van der Waals surface area (Å²) in [5.74, 6) is 1.88. The van der Waals surface area contributed by atoms with Gasteiger partial charge < -0.3 is 15.0 Å². The Morgan fingerprint density at radius 2 is 2.05 bits per heavy atom. The van der Waals surface area contributed by atoms with E-state index in [4.69, 9.17) is 15.0 Å². The summed E-state index contributed by atoms with van der Waals surface area (Å²) in [7, 11) is 0. The predicted octanol–water partition coefficient (Wildman–Crippen LogP) is 2.71. The highest BCUT2D eigenvalue weighted by atomic mass is 16.5. The number of ether oxygens (including phenoxy) is 1. The molecule has 2 N–H and O–H groups in total. The van der Waals surface area contributed by atoms with E-state index in [0.29, 0.717) is 18.3 Å². The lowest BCUT2D eigenvalue weighted by Crippen LogP contribution is -2.36. The molecule has 2 rings (SSSR count). The van der Waals surface area contributed by atoms with Crippen LogP contribution in [0.1, 0.15) is 65.1 Å². The topological polar surface area (TPSA) is 74.2 Å². The highest BCUT2D eigenvalue weighted by molar-refractivity contribution is 5.07. The fourth-order valence-corrected chi connectivity index (χ4v) is 2.61. The van der Waals surface area contributed by atoms with Crippen LogP contribution in [-0.2, 0) is 15.9 Å². The van der Waals surface area contributed by atoms with Gasteiger partial charge in [-0.05, 0) is 52.4 Å². The Morgan fingerprint density at radius 3 is 2.53 bits per heavy atom. The average molecular weight is 267 g/mol. The summed E-state index contributed by atoms with van der Waals surface area (Å²) in [4.78, 5) is 4.49. The fourth-order valence-electron chi connectivity index (χ4n) is 2.61. The summed E-state index contributed by atoms with van der Waals surface area (Å²) in [6.07, 6.45) is 4.17. The Bertz CT molecular complexity index is 415. The molecule has 1 aliphatic rings. The van der Waals surface area contributed by atoms with Crippen molar-refractivity contribution in [3.8, 4) is 0 Å². The molecule has 5 nitrogen and oxygen atoms in total. The molecule has 1 heterocycles. The normalized spacial score (nSPS) is 28.6. The Labute approximate surface area is 114 Å². The number of nitrogens with zero attached hydrogens (tertiary/aromatic N) is 2. The molecule has 1 saturated carbocycles. The summed E-state index contributed by atoms with van der Waals surface area (Å²) < 4.78 is 11.3. The van der Waals surface area contributed by atoms with Crippen LogP contribution in [0.5, 0.6) is 0 Å². The summed E-state index contributed by atoms with van der Waals surface area (Å²) in [6, 6.07) is 0. The zero-order valence-electron chi connectivity index (χ0n) is 12.4. The highest BCUT2D eigenvalue weighted by Crippen LogP contribution is 2.41. The van der Waals surface area contributed by atoms with Gasteiger partial charge in [0.05, 0.1) is 5.54 Å². The van der Waals surface area contributed by atoms with Gasteiger partial charge >= 0.3 is 0 Å². The molecular formula is C14H25N3O2. The van der Waals surface area contributed by atoms with Crippen molar-refractivity contribution in [2.75, 3.05) is 6.61 Å². The van der Waals surface area contributed by atoms with Crippen molar-refractivity contribution in [3.63, 3.8) is 0 Å². The van der Waals surface area contributed by atoms with Crippen LogP contribution >= 0.6 is 0 Å². The molecule has 19 heavy (non-hydrogen) atoms. The van der Waals surface area contributed by atoms with Crippen molar-refractivity contribution in [1.82, 2.24) is 10.1 Å². The van der Waals surface area contributed by atoms with E-state index >= 15 is 0 Å². The maximum Gasteiger partial charge on any atom is 0.246 e. The Hall–Kier alpha value is -0.940. The molecule has 0 amide bonds. The van der Waals surface area contributed by atoms with Gasteiger partial charge in [0, 0.05) is 6.61 Å². The largest absolute Gasteiger partial charge is 0.367 e. The molecule has 1 aromatic heterocycles. The third kappa shape index (κ3) is 2.98. The zero-order valence-corrected chi connectivity index (χ0v) is 12.4. The minimum absolute atomic E-state index is 0.381. The first-order valence-corrected chi connectivity index (χ1v) is 7.15. The fraction of sp³-hybridized carbons (Fsp3) is 0.857. The molecule has 0 spiro atoms. The molecule has 1 fully saturated rings. The van der Waals surface area contributed by atoms with Gasteiger partial charge in [0.15, 0.2) is 0 Å². The summed E-state index contributed by atoms with van der Waals surface area (Å²) >= 11 is 0. The van der Waals surface area contributed by atoms with Gasteiger partial charge in [-0.25, -0.2) is 0 Å². The SMILES string of the molecule is CCOC1(c2noc(C(C)(C)N)n2)CCC(C)CC1. The van der Waals surface area contributed by atoms with Crippen molar-refractivity contribution in [2.45, 2.75) is 64.5 Å². The molecule has 1 aliphatic carbocycles. The lowest BCUT2D eigenvalue weighted by Gasteiger charge is -2.36. The van der Waals surface area contributed by atoms with Gasteiger partial charge in [-0.1, -0.05) is 12.1 Å². The summed E-state index contributed by atoms with van der Waals surface area (Å²) in [5, 5.41) is 4.13. The number of rotatable bonds is 4. The Morgan fingerprint density at radius 1 is 1.42 bits per heavy atom. The zero-order chi connectivity index (χ0) is 14.1. The Balaban J connectivity index is 2.26. The van der Waals surface area contributed by atoms with Crippen LogP contribution in [0, 0.1) is 5.92 Å². The maximum atomic E-state index is 6.01. The molecule has 0 unspecified atom stereocenters. The molecule has 0 aliphatic heterocycles. The number of hydrogen-bond donors (Lipinski definition) is 1. The minimum atomic E-state index is -0.611. The van der Waals surface area contributed by atoms with E-state index in [9.17, 15) is 0 Å². The highest BCUT2D eigenvalue weighted by Gasteiger charge is 2.41. The molecule has 0 bridgehead atoms. The van der Waals surface area contributed by atoms with Gasteiger partial charge in [0.2, 0.25) is 11.7 Å². The molecule has 0 aromatic carbocycles. The molecule has 0 saturated heterocycles. The van der Waals surface area contributed by atoms with Gasteiger partial charge in [-0.3, -0.25) is 0 Å². The lowest BCUT2D eigenvalue weighted by molar-refractivity contribution is -0.0847. The van der Waals surface area contributed by atoms with Crippen LogP contribution in [0.15, 0.2) is 4.52 Å². The molecular weight excluding hydrogens is 242 g/mol. The van der Waals surface area contributed by atoms with E-state index in [1.165, 1.54) is 0 Å². The lowest BCUT2D eigenvalue weighted by atomic mass is 9.79. The summed E-state index contributed by atoms with van der Waals surface area (Å²) in [6.45, 7) is 8.67. The number of hydrogen-bond acceptors (Lipinski definition) is 5. The van der Waals surface area contributed by atoms with Crippen molar-refractivity contribution < 1.29 is 9.26 Å². The third-order valence-electron chi connectivity index (χ3n) is 3.89. The van der Waals surface area contributed by atoms with E-state index in [-0.39, 0.29) is 5.60 Å². The average Bonchev–Trinajstić information content (AvgIpc) is 2.82. The van der Waals surface area contributed by atoms with Crippen LogP contribution in [0.3, 0.4) is 0 Å². The quantitative estimate of drug-likeness (QED) is 0.907. The molecule has 1 aromatic rings. The van der Waals surface area contributed by atoms with Crippen molar-refractivity contribution in [3.05, 3.63) is 11.7 Å². The second-order valence-electron chi connectivity index (χ2n) is 6.25. The summed E-state index contributed by atoms with van der Waals surface area (Å²) in [5.41, 5.74) is 5.01. The van der Waals surface area contributed by atoms with Crippen LogP contribution in [-0.4, -0.2) is 16.7 Å². The van der Waals surface area contributed by atoms with Gasteiger partial charge in [-0.2, -0.15) is 4.98 Å². The van der Waals surface area contributed by atoms with Gasteiger partial charge in [0.25, 0.3) is 0 Å².